The lowest BCUT2D eigenvalue weighted by Gasteiger charge is -2.14. The van der Waals surface area contributed by atoms with E-state index in [1.807, 2.05) is 26.0 Å². The molecule has 0 heterocycles. The quantitative estimate of drug-likeness (QED) is 0.641. The van der Waals surface area contributed by atoms with Gasteiger partial charge in [-0.15, -0.1) is 0 Å². The van der Waals surface area contributed by atoms with Gasteiger partial charge in [0.05, 0.1) is 5.60 Å². The number of allylic oxidation sites excluding steroid dienone is 2. The third kappa shape index (κ3) is 2.54. The molecule has 0 saturated carbocycles. The van der Waals surface area contributed by atoms with E-state index in [1.165, 1.54) is 0 Å². The van der Waals surface area contributed by atoms with Crippen LogP contribution < -0.4 is 5.73 Å². The Labute approximate surface area is 79.4 Å². The lowest BCUT2D eigenvalue weighted by Crippen LogP contribution is -2.18. The fourth-order valence-corrected chi connectivity index (χ4v) is 1.52. The van der Waals surface area contributed by atoms with Crippen molar-refractivity contribution in [2.75, 3.05) is 6.54 Å². The molecule has 0 aromatic rings. The van der Waals surface area contributed by atoms with E-state index < -0.39 is 5.60 Å². The van der Waals surface area contributed by atoms with Gasteiger partial charge < -0.3 is 10.8 Å². The largest absolute Gasteiger partial charge is 0.382 e. The first-order valence-electron chi connectivity index (χ1n) is 4.47. The molecule has 0 spiro atoms. The monoisotopic (exact) mass is 179 g/mol. The molecule has 13 heavy (non-hydrogen) atoms. The lowest BCUT2D eigenvalue weighted by molar-refractivity contribution is 0.163. The predicted molar refractivity (Wildman–Crippen MR) is 55.3 cm³/mol. The van der Waals surface area contributed by atoms with Gasteiger partial charge in [-0.25, -0.2) is 0 Å². The summed E-state index contributed by atoms with van der Waals surface area (Å²) in [6, 6.07) is 0. The van der Waals surface area contributed by atoms with Crippen LogP contribution in [0.15, 0.2) is 34.9 Å². The molecule has 0 amide bonds. The Morgan fingerprint density at radius 2 is 1.92 bits per heavy atom. The van der Waals surface area contributed by atoms with Gasteiger partial charge in [0.15, 0.2) is 0 Å². The molecule has 0 aromatic heterocycles. The summed E-state index contributed by atoms with van der Waals surface area (Å²) in [5, 5.41) is 9.90. The Balaban J connectivity index is 3.13. The molecule has 1 rings (SSSR count). The zero-order valence-corrected chi connectivity index (χ0v) is 8.46. The van der Waals surface area contributed by atoms with Gasteiger partial charge in [-0.05, 0) is 49.6 Å². The molecule has 1 aliphatic rings. The van der Waals surface area contributed by atoms with Crippen molar-refractivity contribution in [3.05, 3.63) is 34.9 Å². The zero-order chi connectivity index (χ0) is 10.1. The lowest BCUT2D eigenvalue weighted by atomic mass is 10.0. The third-order valence-electron chi connectivity index (χ3n) is 2.25. The molecule has 1 aliphatic carbocycles. The number of hydrogen-bond acceptors (Lipinski definition) is 2. The Kier molecular flexibility index (Phi) is 2.74. The van der Waals surface area contributed by atoms with Crippen LogP contribution in [-0.4, -0.2) is 17.3 Å². The Bertz CT molecular complexity index is 295. The Hall–Kier alpha value is -0.860. The minimum atomic E-state index is -0.868. The topological polar surface area (TPSA) is 46.2 Å². The summed E-state index contributed by atoms with van der Waals surface area (Å²) in [7, 11) is 0. The van der Waals surface area contributed by atoms with Gasteiger partial charge in [0.2, 0.25) is 0 Å². The smallest absolute Gasteiger partial charge is 0.0992 e. The van der Waals surface area contributed by atoms with Crippen LogP contribution in [0.4, 0.5) is 0 Å². The summed E-state index contributed by atoms with van der Waals surface area (Å²) in [4.78, 5) is 0. The molecule has 0 unspecified atom stereocenters. The van der Waals surface area contributed by atoms with Crippen molar-refractivity contribution in [1.29, 1.82) is 0 Å². The summed E-state index contributed by atoms with van der Waals surface area (Å²) in [5.74, 6) is 0. The average molecular weight is 179 g/mol. The normalized spacial score (nSPS) is 28.8. The Morgan fingerprint density at radius 3 is 2.46 bits per heavy atom. The van der Waals surface area contributed by atoms with Crippen LogP contribution in [-0.2, 0) is 0 Å². The molecule has 72 valence electrons. The van der Waals surface area contributed by atoms with E-state index in [2.05, 4.69) is 0 Å². The first-order valence-corrected chi connectivity index (χ1v) is 4.47. The minimum absolute atomic E-state index is 0.467. The predicted octanol–water partition coefficient (Wildman–Crippen LogP) is 1.53. The van der Waals surface area contributed by atoms with Crippen LogP contribution in [0.5, 0.6) is 0 Å². The van der Waals surface area contributed by atoms with Crippen LogP contribution in [0.1, 0.15) is 20.8 Å². The molecule has 0 radical (unpaired) electrons. The van der Waals surface area contributed by atoms with Gasteiger partial charge >= 0.3 is 0 Å². The van der Waals surface area contributed by atoms with Crippen molar-refractivity contribution >= 4 is 0 Å². The van der Waals surface area contributed by atoms with Gasteiger partial charge in [-0.3, -0.25) is 0 Å². The van der Waals surface area contributed by atoms with Gasteiger partial charge in [0, 0.05) is 6.54 Å². The highest BCUT2D eigenvalue weighted by molar-refractivity contribution is 5.42. The summed E-state index contributed by atoms with van der Waals surface area (Å²) in [6.45, 7) is 6.25. The molecule has 1 atom stereocenters. The summed E-state index contributed by atoms with van der Waals surface area (Å²) in [6.07, 6.45) is 5.67. The average Bonchev–Trinajstić information content (AvgIpc) is 2.09. The van der Waals surface area contributed by atoms with Gasteiger partial charge in [-0.1, -0.05) is 6.08 Å². The van der Waals surface area contributed by atoms with Crippen LogP contribution in [0.25, 0.3) is 0 Å². The van der Waals surface area contributed by atoms with Crippen molar-refractivity contribution in [3.63, 3.8) is 0 Å². The van der Waals surface area contributed by atoms with Crippen LogP contribution >= 0.6 is 0 Å². The molecule has 0 saturated heterocycles. The summed E-state index contributed by atoms with van der Waals surface area (Å²) < 4.78 is 0. The van der Waals surface area contributed by atoms with Crippen LogP contribution in [0.3, 0.4) is 0 Å². The van der Waals surface area contributed by atoms with Crippen LogP contribution in [0.2, 0.25) is 0 Å². The minimum Gasteiger partial charge on any atom is -0.382 e. The SMILES string of the molecule is CC1=CC(CN)=C[C@](C)(O)C=C1C. The van der Waals surface area contributed by atoms with Crippen molar-refractivity contribution in [3.8, 4) is 0 Å². The van der Waals surface area contributed by atoms with E-state index in [-0.39, 0.29) is 0 Å². The second kappa shape index (κ2) is 3.48. The van der Waals surface area contributed by atoms with E-state index in [0.29, 0.717) is 6.54 Å². The maximum Gasteiger partial charge on any atom is 0.0992 e. The first-order chi connectivity index (χ1) is 5.94. The maximum absolute atomic E-state index is 9.90. The highest BCUT2D eigenvalue weighted by Crippen LogP contribution is 2.22. The molecule has 0 aliphatic heterocycles. The zero-order valence-electron chi connectivity index (χ0n) is 8.46. The van der Waals surface area contributed by atoms with E-state index in [9.17, 15) is 5.11 Å². The first kappa shape index (κ1) is 10.2. The fourth-order valence-electron chi connectivity index (χ4n) is 1.52. The third-order valence-corrected chi connectivity index (χ3v) is 2.25. The standard InChI is InChI=1S/C11H17NO/c1-8-4-10(7-12)6-11(3,13)5-9(8)2/h4-6,13H,7,12H2,1-3H3/t11-/m1/s1. The Morgan fingerprint density at radius 1 is 1.31 bits per heavy atom. The number of hydrogen-bond donors (Lipinski definition) is 2. The van der Waals surface area contributed by atoms with Crippen LogP contribution in [0, 0.1) is 0 Å². The second-order valence-corrected chi connectivity index (χ2v) is 3.80. The number of aliphatic hydroxyl groups is 1. The number of rotatable bonds is 1. The van der Waals surface area contributed by atoms with E-state index in [4.69, 9.17) is 5.73 Å². The highest BCUT2D eigenvalue weighted by atomic mass is 16.3. The highest BCUT2D eigenvalue weighted by Gasteiger charge is 2.17. The molecular weight excluding hydrogens is 162 g/mol. The van der Waals surface area contributed by atoms with E-state index in [1.54, 1.807) is 13.0 Å². The fraction of sp³-hybridized carbons (Fsp3) is 0.455. The summed E-state index contributed by atoms with van der Waals surface area (Å²) >= 11 is 0. The molecule has 2 heteroatoms. The maximum atomic E-state index is 9.90. The molecule has 0 bridgehead atoms. The molecule has 0 aromatic carbocycles. The second-order valence-electron chi connectivity index (χ2n) is 3.80. The molecule has 0 fully saturated rings. The van der Waals surface area contributed by atoms with E-state index in [0.717, 1.165) is 16.7 Å². The molecule has 2 nitrogen and oxygen atoms in total. The molecular formula is C11H17NO. The van der Waals surface area contributed by atoms with Gasteiger partial charge in [-0.2, -0.15) is 0 Å². The number of nitrogens with two attached hydrogens (primary N) is 1. The van der Waals surface area contributed by atoms with Crippen molar-refractivity contribution in [2.24, 2.45) is 5.73 Å². The van der Waals surface area contributed by atoms with Crippen molar-refractivity contribution < 1.29 is 5.11 Å². The van der Waals surface area contributed by atoms with Crippen molar-refractivity contribution in [1.82, 2.24) is 0 Å². The van der Waals surface area contributed by atoms with Gasteiger partial charge in [0.1, 0.15) is 0 Å². The van der Waals surface area contributed by atoms with E-state index >= 15 is 0 Å². The molecule has 3 N–H and O–H groups in total. The summed E-state index contributed by atoms with van der Waals surface area (Å²) in [5.41, 5.74) is 7.93. The van der Waals surface area contributed by atoms with Crippen molar-refractivity contribution in [2.45, 2.75) is 26.4 Å². The van der Waals surface area contributed by atoms with Gasteiger partial charge in [0.25, 0.3) is 0 Å².